The van der Waals surface area contributed by atoms with Crippen LogP contribution in [0.25, 0.3) is 10.9 Å². The molecule has 1 aliphatic rings. The van der Waals surface area contributed by atoms with Crippen LogP contribution in [0, 0.1) is 0 Å². The van der Waals surface area contributed by atoms with Crippen molar-refractivity contribution in [2.24, 2.45) is 0 Å². The smallest absolute Gasteiger partial charge is 0.399 e. The molecular weight excluding hydrogens is 265 g/mol. The fourth-order valence-electron chi connectivity index (χ4n) is 2.73. The highest BCUT2D eigenvalue weighted by Crippen LogP contribution is 2.37. The van der Waals surface area contributed by atoms with Gasteiger partial charge in [0.05, 0.1) is 17.8 Å². The van der Waals surface area contributed by atoms with Crippen LogP contribution in [0.15, 0.2) is 30.5 Å². The summed E-state index contributed by atoms with van der Waals surface area (Å²) >= 11 is 0. The minimum Gasteiger partial charge on any atom is -0.399 e. The number of aliphatic hydroxyl groups excluding tert-OH is 1. The Hall–Kier alpha value is -1.30. The Morgan fingerprint density at radius 3 is 2.38 bits per heavy atom. The molecule has 4 nitrogen and oxygen atoms in total. The van der Waals surface area contributed by atoms with Gasteiger partial charge in [0.25, 0.3) is 0 Å². The Balaban J connectivity index is 2.03. The summed E-state index contributed by atoms with van der Waals surface area (Å²) in [5.74, 6) is 0. The summed E-state index contributed by atoms with van der Waals surface area (Å²) < 4.78 is 14.3. The van der Waals surface area contributed by atoms with Crippen molar-refractivity contribution >= 4 is 23.5 Å². The zero-order chi connectivity index (χ0) is 15.3. The van der Waals surface area contributed by atoms with E-state index in [1.165, 1.54) is 0 Å². The molecule has 0 aliphatic carbocycles. The second-order valence-corrected chi connectivity index (χ2v) is 6.60. The molecule has 112 valence electrons. The lowest BCUT2D eigenvalue weighted by Crippen LogP contribution is -2.41. The molecule has 1 N–H and O–H groups in total. The van der Waals surface area contributed by atoms with E-state index in [0.717, 1.165) is 16.4 Å². The summed E-state index contributed by atoms with van der Waals surface area (Å²) in [7, 11) is -0.358. The van der Waals surface area contributed by atoms with Crippen molar-refractivity contribution < 1.29 is 14.4 Å². The summed E-state index contributed by atoms with van der Waals surface area (Å²) in [6.07, 6.45) is 2.00. The van der Waals surface area contributed by atoms with Crippen molar-refractivity contribution in [2.75, 3.05) is 6.61 Å². The quantitative estimate of drug-likeness (QED) is 0.877. The van der Waals surface area contributed by atoms with Gasteiger partial charge in [0, 0.05) is 18.3 Å². The Morgan fingerprint density at radius 1 is 1.10 bits per heavy atom. The number of nitrogens with zero attached hydrogens (tertiary/aromatic N) is 1. The zero-order valence-electron chi connectivity index (χ0n) is 13.1. The molecule has 0 atom stereocenters. The Morgan fingerprint density at radius 2 is 1.76 bits per heavy atom. The summed E-state index contributed by atoms with van der Waals surface area (Å²) in [4.78, 5) is 0. The van der Waals surface area contributed by atoms with Gasteiger partial charge in [0.1, 0.15) is 0 Å². The minimum atomic E-state index is -0.358. The van der Waals surface area contributed by atoms with Gasteiger partial charge in [0.15, 0.2) is 0 Å². The SMILES string of the molecule is CC1(C)OB(c2cccc3c2ccn3CCO)OC1(C)C. The average Bonchev–Trinajstić information content (AvgIpc) is 2.89. The molecule has 0 radical (unpaired) electrons. The van der Waals surface area contributed by atoms with Crippen molar-refractivity contribution in [1.29, 1.82) is 0 Å². The van der Waals surface area contributed by atoms with Crippen LogP contribution in [0.5, 0.6) is 0 Å². The maximum absolute atomic E-state index is 9.15. The number of hydrogen-bond acceptors (Lipinski definition) is 3. The molecule has 0 spiro atoms. The second-order valence-electron chi connectivity index (χ2n) is 6.60. The minimum absolute atomic E-state index is 0.129. The van der Waals surface area contributed by atoms with Gasteiger partial charge in [-0.1, -0.05) is 12.1 Å². The fraction of sp³-hybridized carbons (Fsp3) is 0.500. The predicted octanol–water partition coefficient (Wildman–Crippen LogP) is 1.93. The molecule has 1 aromatic heterocycles. The summed E-state index contributed by atoms with van der Waals surface area (Å²) in [6.45, 7) is 8.96. The van der Waals surface area contributed by atoms with Crippen molar-refractivity contribution in [1.82, 2.24) is 4.57 Å². The first-order valence-corrected chi connectivity index (χ1v) is 7.40. The second kappa shape index (κ2) is 4.87. The van der Waals surface area contributed by atoms with Crippen LogP contribution in [0.3, 0.4) is 0 Å². The molecule has 0 saturated carbocycles. The number of aromatic nitrogens is 1. The largest absolute Gasteiger partial charge is 0.495 e. The van der Waals surface area contributed by atoms with Gasteiger partial charge in [-0.3, -0.25) is 0 Å². The molecule has 1 saturated heterocycles. The van der Waals surface area contributed by atoms with Gasteiger partial charge < -0.3 is 19.0 Å². The van der Waals surface area contributed by atoms with E-state index in [4.69, 9.17) is 14.4 Å². The third kappa shape index (κ3) is 2.29. The Kier molecular flexibility index (Phi) is 3.39. The van der Waals surface area contributed by atoms with E-state index in [0.29, 0.717) is 6.54 Å². The van der Waals surface area contributed by atoms with Crippen LogP contribution in [-0.4, -0.2) is 34.6 Å². The lowest BCUT2D eigenvalue weighted by Gasteiger charge is -2.32. The molecule has 0 bridgehead atoms. The molecule has 1 aromatic carbocycles. The lowest BCUT2D eigenvalue weighted by molar-refractivity contribution is 0.00578. The maximum Gasteiger partial charge on any atom is 0.495 e. The van der Waals surface area contributed by atoms with E-state index in [1.54, 1.807) is 0 Å². The first kappa shape index (κ1) is 14.6. The number of fused-ring (bicyclic) bond motifs is 1. The van der Waals surface area contributed by atoms with Crippen molar-refractivity contribution in [3.63, 3.8) is 0 Å². The highest BCUT2D eigenvalue weighted by atomic mass is 16.7. The number of benzene rings is 1. The van der Waals surface area contributed by atoms with Crippen LogP contribution < -0.4 is 5.46 Å². The number of hydrogen-bond donors (Lipinski definition) is 1. The molecule has 1 aliphatic heterocycles. The molecule has 2 heterocycles. The van der Waals surface area contributed by atoms with Crippen molar-refractivity contribution in [3.8, 4) is 0 Å². The Bertz CT molecular complexity index is 647. The van der Waals surface area contributed by atoms with Gasteiger partial charge in [-0.15, -0.1) is 0 Å². The molecule has 5 heteroatoms. The van der Waals surface area contributed by atoms with Crippen LogP contribution in [-0.2, 0) is 15.9 Å². The highest BCUT2D eigenvalue weighted by Gasteiger charge is 2.52. The van der Waals surface area contributed by atoms with Crippen LogP contribution in [0.2, 0.25) is 0 Å². The van der Waals surface area contributed by atoms with Gasteiger partial charge in [0.2, 0.25) is 0 Å². The average molecular weight is 287 g/mol. The van der Waals surface area contributed by atoms with Gasteiger partial charge in [-0.05, 0) is 50.7 Å². The fourth-order valence-corrected chi connectivity index (χ4v) is 2.73. The lowest BCUT2D eigenvalue weighted by atomic mass is 9.77. The molecular formula is C16H22BNO3. The number of aliphatic hydroxyl groups is 1. The van der Waals surface area contributed by atoms with Gasteiger partial charge >= 0.3 is 7.12 Å². The molecule has 3 rings (SSSR count). The monoisotopic (exact) mass is 287 g/mol. The van der Waals surface area contributed by atoms with Crippen LogP contribution >= 0.6 is 0 Å². The summed E-state index contributed by atoms with van der Waals surface area (Å²) in [5, 5.41) is 10.3. The molecule has 0 unspecified atom stereocenters. The van der Waals surface area contributed by atoms with E-state index >= 15 is 0 Å². The molecule has 21 heavy (non-hydrogen) atoms. The first-order chi connectivity index (χ1) is 9.86. The normalized spacial score (nSPS) is 20.3. The number of rotatable bonds is 3. The maximum atomic E-state index is 9.15. The first-order valence-electron chi connectivity index (χ1n) is 7.40. The van der Waals surface area contributed by atoms with Crippen LogP contribution in [0.4, 0.5) is 0 Å². The van der Waals surface area contributed by atoms with Gasteiger partial charge in [-0.25, -0.2) is 0 Å². The Labute approximate surface area is 125 Å². The van der Waals surface area contributed by atoms with E-state index in [2.05, 4.69) is 39.8 Å². The third-order valence-electron chi connectivity index (χ3n) is 4.70. The zero-order valence-corrected chi connectivity index (χ0v) is 13.1. The third-order valence-corrected chi connectivity index (χ3v) is 4.70. The predicted molar refractivity (Wildman–Crippen MR) is 84.7 cm³/mol. The summed E-state index contributed by atoms with van der Waals surface area (Å²) in [6, 6.07) is 8.18. The van der Waals surface area contributed by atoms with E-state index < -0.39 is 0 Å². The molecule has 0 amide bonds. The summed E-state index contributed by atoms with van der Waals surface area (Å²) in [5.41, 5.74) is 1.46. The standard InChI is InChI=1S/C16H22BNO3/c1-15(2)16(3,4)21-17(20-15)13-6-5-7-14-12(13)8-9-18(14)10-11-19/h5-9,19H,10-11H2,1-4H3. The van der Waals surface area contributed by atoms with Crippen molar-refractivity contribution in [3.05, 3.63) is 30.5 Å². The van der Waals surface area contributed by atoms with E-state index in [1.807, 2.05) is 22.9 Å². The molecule has 1 fully saturated rings. The van der Waals surface area contributed by atoms with E-state index in [9.17, 15) is 0 Å². The molecule has 2 aromatic rings. The van der Waals surface area contributed by atoms with Gasteiger partial charge in [-0.2, -0.15) is 0 Å². The van der Waals surface area contributed by atoms with Crippen molar-refractivity contribution in [2.45, 2.75) is 45.4 Å². The highest BCUT2D eigenvalue weighted by molar-refractivity contribution is 6.65. The van der Waals surface area contributed by atoms with E-state index in [-0.39, 0.29) is 24.9 Å². The topological polar surface area (TPSA) is 43.6 Å². The van der Waals surface area contributed by atoms with Crippen LogP contribution in [0.1, 0.15) is 27.7 Å².